The molecule has 0 spiro atoms. The van der Waals surface area contributed by atoms with Gasteiger partial charge in [-0.15, -0.1) is 0 Å². The van der Waals surface area contributed by atoms with Gasteiger partial charge in [-0.3, -0.25) is 9.88 Å². The molecule has 0 amide bonds. The number of nitrogens with one attached hydrogen (secondary N) is 1. The van der Waals surface area contributed by atoms with Crippen LogP contribution < -0.4 is 5.09 Å². The third kappa shape index (κ3) is 4.33. The van der Waals surface area contributed by atoms with E-state index < -0.39 is 31.5 Å². The maximum absolute atomic E-state index is 12.2. The maximum Gasteiger partial charge on any atom is 0.427 e. The van der Waals surface area contributed by atoms with E-state index in [1.165, 1.54) is 30.4 Å². The molecule has 7 nitrogen and oxygen atoms in total. The number of hydrogen-bond acceptors (Lipinski definition) is 4. The highest BCUT2D eigenvalue weighted by atomic mass is 31.2. The van der Waals surface area contributed by atoms with Crippen molar-refractivity contribution >= 4 is 13.5 Å². The standard InChI is InChI=1S/C16H20NO6P/c1-2-12(10-5-3-6-11(18)9-10)16(20)15-13(17-24(21,22)23)7-4-8-14(15)19/h3-9,12,15-16,18,20H,2H2,1H3,(H3,17,21,22,23). The van der Waals surface area contributed by atoms with E-state index in [2.05, 4.69) is 0 Å². The largest absolute Gasteiger partial charge is 0.508 e. The van der Waals surface area contributed by atoms with Crippen LogP contribution in [0.2, 0.25) is 0 Å². The number of ketones is 1. The van der Waals surface area contributed by atoms with E-state index in [9.17, 15) is 19.6 Å². The van der Waals surface area contributed by atoms with E-state index in [1.54, 1.807) is 12.1 Å². The SMILES string of the molecule is CCC(c1cccc(O)c1)C(O)C1C(=O)C=CC=C1NP(=O)(O)O. The number of hydrogen-bond donors (Lipinski definition) is 5. The van der Waals surface area contributed by atoms with Crippen LogP contribution >= 0.6 is 7.75 Å². The van der Waals surface area contributed by atoms with E-state index in [0.717, 1.165) is 0 Å². The lowest BCUT2D eigenvalue weighted by Crippen LogP contribution is -2.38. The van der Waals surface area contributed by atoms with E-state index >= 15 is 0 Å². The summed E-state index contributed by atoms with van der Waals surface area (Å²) in [7, 11) is -4.61. The summed E-state index contributed by atoms with van der Waals surface area (Å²) in [6, 6.07) is 6.35. The lowest BCUT2D eigenvalue weighted by Gasteiger charge is -2.31. The molecule has 0 fully saturated rings. The Labute approximate surface area is 139 Å². The van der Waals surface area contributed by atoms with Gasteiger partial charge >= 0.3 is 7.75 Å². The van der Waals surface area contributed by atoms with Crippen molar-refractivity contribution in [2.24, 2.45) is 5.92 Å². The van der Waals surface area contributed by atoms with Gasteiger partial charge < -0.3 is 20.0 Å². The normalized spacial score (nSPS) is 20.4. The number of aromatic hydroxyl groups is 1. The zero-order valence-corrected chi connectivity index (χ0v) is 13.9. The topological polar surface area (TPSA) is 127 Å². The monoisotopic (exact) mass is 353 g/mol. The number of phenolic OH excluding ortho intramolecular Hbond substituents is 1. The number of benzene rings is 1. The minimum Gasteiger partial charge on any atom is -0.508 e. The summed E-state index contributed by atoms with van der Waals surface area (Å²) in [5.41, 5.74) is 0.616. The summed E-state index contributed by atoms with van der Waals surface area (Å²) in [4.78, 5) is 30.4. The van der Waals surface area contributed by atoms with Crippen molar-refractivity contribution in [3.05, 3.63) is 53.8 Å². The fraction of sp³-hybridized carbons (Fsp3) is 0.312. The van der Waals surface area contributed by atoms with Gasteiger partial charge in [0.05, 0.1) is 12.0 Å². The van der Waals surface area contributed by atoms with E-state index in [4.69, 9.17) is 9.79 Å². The Morgan fingerprint density at radius 1 is 1.33 bits per heavy atom. The Kier molecular flexibility index (Phi) is 5.62. The van der Waals surface area contributed by atoms with Crippen LogP contribution in [0.5, 0.6) is 5.75 Å². The molecule has 24 heavy (non-hydrogen) atoms. The third-order valence-electron chi connectivity index (χ3n) is 3.94. The first kappa shape index (κ1) is 18.4. The molecule has 1 aliphatic rings. The van der Waals surface area contributed by atoms with Crippen LogP contribution in [0.3, 0.4) is 0 Å². The molecule has 0 radical (unpaired) electrons. The Balaban J connectivity index is 2.35. The first-order chi connectivity index (χ1) is 11.2. The van der Waals surface area contributed by atoms with Crippen molar-refractivity contribution in [3.63, 3.8) is 0 Å². The molecule has 5 N–H and O–H groups in total. The molecule has 3 atom stereocenters. The molecule has 0 bridgehead atoms. The fourth-order valence-electron chi connectivity index (χ4n) is 2.90. The molecule has 0 saturated carbocycles. The van der Waals surface area contributed by atoms with Gasteiger partial charge in [0.15, 0.2) is 5.78 Å². The first-order valence-corrected chi connectivity index (χ1v) is 9.07. The highest BCUT2D eigenvalue weighted by Gasteiger charge is 2.37. The summed E-state index contributed by atoms with van der Waals surface area (Å²) < 4.78 is 11.2. The maximum atomic E-state index is 12.2. The number of aliphatic hydroxyl groups excluding tert-OH is 1. The molecule has 0 aliphatic heterocycles. The van der Waals surface area contributed by atoms with Gasteiger partial charge in [-0.1, -0.05) is 25.1 Å². The third-order valence-corrected chi connectivity index (χ3v) is 4.49. The van der Waals surface area contributed by atoms with Gasteiger partial charge in [0.25, 0.3) is 0 Å². The highest BCUT2D eigenvalue weighted by Crippen LogP contribution is 2.38. The number of aliphatic hydroxyl groups is 1. The van der Waals surface area contributed by atoms with E-state index in [-0.39, 0.29) is 11.4 Å². The predicted octanol–water partition coefficient (Wildman–Crippen LogP) is 1.57. The average molecular weight is 353 g/mol. The minimum absolute atomic E-state index is 0.0260. The lowest BCUT2D eigenvalue weighted by molar-refractivity contribution is -0.120. The summed E-state index contributed by atoms with van der Waals surface area (Å²) in [5.74, 6) is -2.01. The van der Waals surface area contributed by atoms with Gasteiger partial charge in [-0.2, -0.15) is 0 Å². The summed E-state index contributed by atoms with van der Waals surface area (Å²) in [6.45, 7) is 1.82. The second-order valence-corrected chi connectivity index (χ2v) is 6.93. The van der Waals surface area contributed by atoms with E-state index in [1.807, 2.05) is 12.0 Å². The van der Waals surface area contributed by atoms with Crippen LogP contribution in [0.1, 0.15) is 24.8 Å². The molecule has 1 aromatic carbocycles. The number of allylic oxidation sites excluding steroid dienone is 3. The van der Waals surface area contributed by atoms with Gasteiger partial charge in [0, 0.05) is 11.6 Å². The van der Waals surface area contributed by atoms with Crippen molar-refractivity contribution in [2.75, 3.05) is 0 Å². The Morgan fingerprint density at radius 2 is 2.04 bits per heavy atom. The zero-order chi connectivity index (χ0) is 17.9. The molecule has 130 valence electrons. The summed E-state index contributed by atoms with van der Waals surface area (Å²) >= 11 is 0. The van der Waals surface area contributed by atoms with Crippen molar-refractivity contribution in [3.8, 4) is 5.75 Å². The zero-order valence-electron chi connectivity index (χ0n) is 13.0. The molecule has 1 aliphatic carbocycles. The van der Waals surface area contributed by atoms with Gasteiger partial charge in [0.2, 0.25) is 0 Å². The lowest BCUT2D eigenvalue weighted by atomic mass is 9.79. The molecule has 0 saturated heterocycles. The predicted molar refractivity (Wildman–Crippen MR) is 88.0 cm³/mol. The van der Waals surface area contributed by atoms with Crippen molar-refractivity contribution in [1.29, 1.82) is 0 Å². The quantitative estimate of drug-likeness (QED) is 0.491. The minimum atomic E-state index is -4.61. The van der Waals surface area contributed by atoms with Gasteiger partial charge in [0.1, 0.15) is 5.75 Å². The Hall–Kier alpha value is -1.92. The molecule has 1 aromatic rings. The van der Waals surface area contributed by atoms with Crippen molar-refractivity contribution in [1.82, 2.24) is 5.09 Å². The van der Waals surface area contributed by atoms with Crippen molar-refractivity contribution in [2.45, 2.75) is 25.4 Å². The second-order valence-electron chi connectivity index (χ2n) is 5.62. The average Bonchev–Trinajstić information content (AvgIpc) is 2.46. The number of carbonyl (C=O) groups is 1. The second kappa shape index (κ2) is 7.32. The van der Waals surface area contributed by atoms with Crippen LogP contribution in [-0.4, -0.2) is 31.9 Å². The summed E-state index contributed by atoms with van der Waals surface area (Å²) in [6.07, 6.45) is 3.26. The number of phenols is 1. The molecule has 3 unspecified atom stereocenters. The van der Waals surface area contributed by atoms with Crippen molar-refractivity contribution < 1.29 is 29.4 Å². The Bertz CT molecular complexity index is 723. The Morgan fingerprint density at radius 3 is 2.62 bits per heavy atom. The molecular weight excluding hydrogens is 333 g/mol. The van der Waals surface area contributed by atoms with Gasteiger partial charge in [-0.05, 0) is 36.3 Å². The molecule has 2 rings (SSSR count). The van der Waals surface area contributed by atoms with Gasteiger partial charge in [-0.25, -0.2) is 4.57 Å². The molecule has 0 aromatic heterocycles. The molecule has 0 heterocycles. The number of carbonyl (C=O) groups excluding carboxylic acids is 1. The first-order valence-electron chi connectivity index (χ1n) is 7.46. The van der Waals surface area contributed by atoms with Crippen LogP contribution in [0.25, 0.3) is 0 Å². The van der Waals surface area contributed by atoms with Crippen LogP contribution in [0, 0.1) is 5.92 Å². The molecular formula is C16H20NO6P. The van der Waals surface area contributed by atoms with Crippen LogP contribution in [0.15, 0.2) is 48.2 Å². The van der Waals surface area contributed by atoms with Crippen LogP contribution in [-0.2, 0) is 9.36 Å². The molecule has 8 heteroatoms. The van der Waals surface area contributed by atoms with Crippen LogP contribution in [0.4, 0.5) is 0 Å². The van der Waals surface area contributed by atoms with E-state index in [0.29, 0.717) is 12.0 Å². The highest BCUT2D eigenvalue weighted by molar-refractivity contribution is 7.49. The number of rotatable bonds is 6. The fourth-order valence-corrected chi connectivity index (χ4v) is 3.45. The summed E-state index contributed by atoms with van der Waals surface area (Å²) in [5, 5.41) is 22.4. The smallest absolute Gasteiger partial charge is 0.427 e.